The monoisotopic (exact) mass is 213 g/mol. The van der Waals surface area contributed by atoms with E-state index in [0.717, 1.165) is 4.60 Å². The van der Waals surface area contributed by atoms with Crippen molar-refractivity contribution in [3.8, 4) is 0 Å². The Labute approximate surface area is 70.8 Å². The number of thiophene rings is 1. The molecule has 0 aliphatic carbocycles. The zero-order chi connectivity index (χ0) is 6.97. The summed E-state index contributed by atoms with van der Waals surface area (Å²) >= 11 is 5.08. The van der Waals surface area contributed by atoms with E-state index in [1.54, 1.807) is 17.5 Å². The van der Waals surface area contributed by atoms with Gasteiger partial charge in [-0.1, -0.05) is 0 Å². The Kier molecular flexibility index (Phi) is 1.47. The minimum Gasteiger partial charge on any atom is -0.248 e. The Morgan fingerprint density at radius 3 is 3.10 bits per heavy atom. The standard InChI is InChI=1S/C7H4BrNS/c8-7-6-5(1-3-9-7)2-4-10-6/h1-4H. The molecule has 0 aliphatic rings. The molecule has 0 spiro atoms. The molecule has 0 unspecified atom stereocenters. The van der Waals surface area contributed by atoms with E-state index in [1.807, 2.05) is 6.07 Å². The molecule has 0 radical (unpaired) electrons. The molecular weight excluding hydrogens is 210 g/mol. The van der Waals surface area contributed by atoms with Gasteiger partial charge in [-0.25, -0.2) is 4.98 Å². The fourth-order valence-corrected chi connectivity index (χ4v) is 2.26. The molecule has 50 valence electrons. The van der Waals surface area contributed by atoms with Crippen molar-refractivity contribution in [2.45, 2.75) is 0 Å². The quantitative estimate of drug-likeness (QED) is 0.614. The van der Waals surface area contributed by atoms with Crippen LogP contribution in [0.1, 0.15) is 0 Å². The minimum absolute atomic E-state index is 0.944. The van der Waals surface area contributed by atoms with Gasteiger partial charge in [0.1, 0.15) is 4.60 Å². The van der Waals surface area contributed by atoms with E-state index in [9.17, 15) is 0 Å². The summed E-state index contributed by atoms with van der Waals surface area (Å²) in [6, 6.07) is 4.10. The summed E-state index contributed by atoms with van der Waals surface area (Å²) in [5.41, 5.74) is 0. The first-order chi connectivity index (χ1) is 4.88. The Hall–Kier alpha value is -0.410. The van der Waals surface area contributed by atoms with Gasteiger partial charge < -0.3 is 0 Å². The molecule has 0 bridgehead atoms. The number of fused-ring (bicyclic) bond motifs is 1. The number of hydrogen-bond acceptors (Lipinski definition) is 2. The molecule has 2 aromatic heterocycles. The largest absolute Gasteiger partial charge is 0.248 e. The van der Waals surface area contributed by atoms with Crippen molar-refractivity contribution in [3.63, 3.8) is 0 Å². The minimum atomic E-state index is 0.944. The van der Waals surface area contributed by atoms with Crippen molar-refractivity contribution in [2.24, 2.45) is 0 Å². The molecule has 0 saturated heterocycles. The molecular formula is C7H4BrNS. The van der Waals surface area contributed by atoms with Crippen molar-refractivity contribution in [1.82, 2.24) is 4.98 Å². The van der Waals surface area contributed by atoms with Crippen LogP contribution in [0.15, 0.2) is 28.3 Å². The van der Waals surface area contributed by atoms with E-state index < -0.39 is 0 Å². The number of rotatable bonds is 0. The van der Waals surface area contributed by atoms with Crippen LogP contribution in [0.4, 0.5) is 0 Å². The third kappa shape index (κ3) is 0.859. The van der Waals surface area contributed by atoms with Gasteiger partial charge in [-0.2, -0.15) is 0 Å². The molecule has 2 rings (SSSR count). The maximum absolute atomic E-state index is 4.11. The molecule has 2 heterocycles. The molecule has 0 N–H and O–H groups in total. The number of nitrogens with zero attached hydrogens (tertiary/aromatic N) is 1. The first-order valence-corrected chi connectivity index (χ1v) is 4.53. The molecule has 3 heteroatoms. The third-order valence-corrected chi connectivity index (χ3v) is 3.13. The summed E-state index contributed by atoms with van der Waals surface area (Å²) < 4.78 is 2.17. The number of aromatic nitrogens is 1. The summed E-state index contributed by atoms with van der Waals surface area (Å²) in [6.07, 6.45) is 1.80. The van der Waals surface area contributed by atoms with Gasteiger partial charge in [0.05, 0.1) is 4.70 Å². The summed E-state index contributed by atoms with van der Waals surface area (Å²) in [5.74, 6) is 0. The molecule has 0 atom stereocenters. The highest BCUT2D eigenvalue weighted by Crippen LogP contribution is 2.26. The van der Waals surface area contributed by atoms with Crippen molar-refractivity contribution < 1.29 is 0 Å². The van der Waals surface area contributed by atoms with Crippen LogP contribution in [-0.2, 0) is 0 Å². The van der Waals surface area contributed by atoms with E-state index in [4.69, 9.17) is 0 Å². The van der Waals surface area contributed by atoms with E-state index in [-0.39, 0.29) is 0 Å². The average molecular weight is 214 g/mol. The normalized spacial score (nSPS) is 10.5. The van der Waals surface area contributed by atoms with Gasteiger partial charge in [-0.05, 0) is 38.8 Å². The molecule has 10 heavy (non-hydrogen) atoms. The van der Waals surface area contributed by atoms with E-state index in [0.29, 0.717) is 0 Å². The first-order valence-electron chi connectivity index (χ1n) is 2.85. The third-order valence-electron chi connectivity index (χ3n) is 1.33. The topological polar surface area (TPSA) is 12.9 Å². The van der Waals surface area contributed by atoms with E-state index >= 15 is 0 Å². The van der Waals surface area contributed by atoms with E-state index in [1.165, 1.54) is 10.1 Å². The Balaban J connectivity index is 2.95. The van der Waals surface area contributed by atoms with Crippen LogP contribution in [-0.4, -0.2) is 4.98 Å². The second-order valence-corrected chi connectivity index (χ2v) is 3.61. The lowest BCUT2D eigenvalue weighted by atomic mass is 10.3. The number of hydrogen-bond donors (Lipinski definition) is 0. The highest BCUT2D eigenvalue weighted by molar-refractivity contribution is 9.10. The van der Waals surface area contributed by atoms with Crippen molar-refractivity contribution in [1.29, 1.82) is 0 Å². The van der Waals surface area contributed by atoms with Crippen molar-refractivity contribution in [2.75, 3.05) is 0 Å². The lowest BCUT2D eigenvalue weighted by molar-refractivity contribution is 1.32. The summed E-state index contributed by atoms with van der Waals surface area (Å²) in [4.78, 5) is 4.11. The summed E-state index contributed by atoms with van der Waals surface area (Å²) in [6.45, 7) is 0. The van der Waals surface area contributed by atoms with Crippen LogP contribution in [0.5, 0.6) is 0 Å². The van der Waals surface area contributed by atoms with Gasteiger partial charge in [0, 0.05) is 6.20 Å². The van der Waals surface area contributed by atoms with Crippen LogP contribution in [0.2, 0.25) is 0 Å². The van der Waals surface area contributed by atoms with Crippen molar-refractivity contribution >= 4 is 37.4 Å². The predicted molar refractivity (Wildman–Crippen MR) is 47.3 cm³/mol. The smallest absolute Gasteiger partial charge is 0.123 e. The molecule has 0 aliphatic heterocycles. The highest BCUT2D eigenvalue weighted by atomic mass is 79.9. The molecule has 2 aromatic rings. The Morgan fingerprint density at radius 1 is 1.40 bits per heavy atom. The maximum atomic E-state index is 4.11. The SMILES string of the molecule is Brc1nccc2ccsc12. The fourth-order valence-electron chi connectivity index (χ4n) is 0.860. The zero-order valence-corrected chi connectivity index (χ0v) is 7.45. The summed E-state index contributed by atoms with van der Waals surface area (Å²) in [5, 5.41) is 3.32. The van der Waals surface area contributed by atoms with Gasteiger partial charge in [0.25, 0.3) is 0 Å². The van der Waals surface area contributed by atoms with Gasteiger partial charge in [0.15, 0.2) is 0 Å². The Morgan fingerprint density at radius 2 is 2.30 bits per heavy atom. The summed E-state index contributed by atoms with van der Waals surface area (Å²) in [7, 11) is 0. The van der Waals surface area contributed by atoms with Crippen LogP contribution >= 0.6 is 27.3 Å². The van der Waals surface area contributed by atoms with Crippen molar-refractivity contribution in [3.05, 3.63) is 28.3 Å². The van der Waals surface area contributed by atoms with Crippen LogP contribution in [0.3, 0.4) is 0 Å². The Bertz CT molecular complexity index is 355. The zero-order valence-electron chi connectivity index (χ0n) is 5.04. The van der Waals surface area contributed by atoms with Gasteiger partial charge in [-0.15, -0.1) is 11.3 Å². The van der Waals surface area contributed by atoms with Crippen LogP contribution in [0, 0.1) is 0 Å². The fraction of sp³-hybridized carbons (Fsp3) is 0. The molecule has 1 nitrogen and oxygen atoms in total. The van der Waals surface area contributed by atoms with Gasteiger partial charge in [0.2, 0.25) is 0 Å². The average Bonchev–Trinajstić information content (AvgIpc) is 2.36. The number of pyridine rings is 1. The molecule has 0 aromatic carbocycles. The predicted octanol–water partition coefficient (Wildman–Crippen LogP) is 3.06. The van der Waals surface area contributed by atoms with Crippen LogP contribution < -0.4 is 0 Å². The second-order valence-electron chi connectivity index (χ2n) is 1.94. The molecule has 0 fully saturated rings. The number of halogens is 1. The first kappa shape index (κ1) is 6.31. The lowest BCUT2D eigenvalue weighted by Gasteiger charge is -1.88. The van der Waals surface area contributed by atoms with Gasteiger partial charge >= 0.3 is 0 Å². The second kappa shape index (κ2) is 2.32. The molecule has 0 amide bonds. The van der Waals surface area contributed by atoms with E-state index in [2.05, 4.69) is 32.4 Å². The van der Waals surface area contributed by atoms with Gasteiger partial charge in [-0.3, -0.25) is 0 Å². The maximum Gasteiger partial charge on any atom is 0.123 e. The lowest BCUT2D eigenvalue weighted by Crippen LogP contribution is -1.70. The van der Waals surface area contributed by atoms with Crippen LogP contribution in [0.25, 0.3) is 10.1 Å². The molecule has 0 saturated carbocycles. The highest BCUT2D eigenvalue weighted by Gasteiger charge is 1.97.